The number of rotatable bonds is 5. The fraction of sp³-hybridized carbons (Fsp3) is 0.238. The average Bonchev–Trinajstić information content (AvgIpc) is 3.10. The third-order valence-electron chi connectivity index (χ3n) is 4.37. The Balaban J connectivity index is 1.64. The Labute approximate surface area is 147 Å². The Bertz CT molecular complexity index is 866. The van der Waals surface area contributed by atoms with E-state index in [4.69, 9.17) is 4.52 Å². The van der Waals surface area contributed by atoms with Gasteiger partial charge in [0.15, 0.2) is 11.5 Å². The highest BCUT2D eigenvalue weighted by atomic mass is 16.5. The standard InChI is InChI=1S/C21H22N2O2/c1-14-8-10-17(11-9-14)20-12-19(23-25-20)21(24)22-13-16(3)18-7-5-4-6-15(18)2/h4-12,16H,13H2,1-3H3,(H,22,24). The van der Waals surface area contributed by atoms with Gasteiger partial charge in [-0.1, -0.05) is 66.2 Å². The maximum absolute atomic E-state index is 12.3. The molecule has 0 radical (unpaired) electrons. The van der Waals surface area contributed by atoms with E-state index in [9.17, 15) is 4.79 Å². The van der Waals surface area contributed by atoms with E-state index in [2.05, 4.69) is 36.5 Å². The van der Waals surface area contributed by atoms with E-state index < -0.39 is 0 Å². The Hall–Kier alpha value is -2.88. The summed E-state index contributed by atoms with van der Waals surface area (Å²) in [4.78, 5) is 12.3. The van der Waals surface area contributed by atoms with E-state index in [1.807, 2.05) is 43.3 Å². The lowest BCUT2D eigenvalue weighted by atomic mass is 9.96. The lowest BCUT2D eigenvalue weighted by molar-refractivity contribution is 0.0942. The second kappa shape index (κ2) is 7.34. The number of aromatic nitrogens is 1. The molecular weight excluding hydrogens is 312 g/mol. The molecule has 0 saturated carbocycles. The number of benzene rings is 2. The number of carbonyl (C=O) groups is 1. The molecule has 0 aliphatic carbocycles. The molecule has 0 saturated heterocycles. The quantitative estimate of drug-likeness (QED) is 0.748. The summed E-state index contributed by atoms with van der Waals surface area (Å²) < 4.78 is 5.31. The third-order valence-corrected chi connectivity index (χ3v) is 4.37. The van der Waals surface area contributed by atoms with Crippen LogP contribution in [0.15, 0.2) is 59.1 Å². The molecule has 2 aromatic carbocycles. The highest BCUT2D eigenvalue weighted by Gasteiger charge is 2.15. The van der Waals surface area contributed by atoms with Crippen LogP contribution in [-0.2, 0) is 0 Å². The van der Waals surface area contributed by atoms with Gasteiger partial charge in [-0.2, -0.15) is 0 Å². The van der Waals surface area contributed by atoms with Crippen molar-refractivity contribution in [2.24, 2.45) is 0 Å². The fourth-order valence-corrected chi connectivity index (χ4v) is 2.82. The van der Waals surface area contributed by atoms with Crippen molar-refractivity contribution in [3.05, 3.63) is 77.0 Å². The van der Waals surface area contributed by atoms with Crippen LogP contribution in [0.3, 0.4) is 0 Å². The van der Waals surface area contributed by atoms with Crippen LogP contribution in [0, 0.1) is 13.8 Å². The molecule has 3 rings (SSSR count). The van der Waals surface area contributed by atoms with Crippen molar-refractivity contribution in [3.63, 3.8) is 0 Å². The molecule has 0 aliphatic heterocycles. The van der Waals surface area contributed by atoms with Crippen molar-refractivity contribution < 1.29 is 9.32 Å². The van der Waals surface area contributed by atoms with Gasteiger partial charge < -0.3 is 9.84 Å². The van der Waals surface area contributed by atoms with E-state index in [-0.39, 0.29) is 11.8 Å². The van der Waals surface area contributed by atoms with Crippen LogP contribution >= 0.6 is 0 Å². The minimum atomic E-state index is -0.220. The van der Waals surface area contributed by atoms with Gasteiger partial charge in [0.05, 0.1) is 0 Å². The first-order valence-electron chi connectivity index (χ1n) is 8.42. The molecule has 1 unspecified atom stereocenters. The summed E-state index contributed by atoms with van der Waals surface area (Å²) in [6.45, 7) is 6.76. The Morgan fingerprint density at radius 1 is 1.12 bits per heavy atom. The van der Waals surface area contributed by atoms with Crippen molar-refractivity contribution in [2.75, 3.05) is 6.54 Å². The summed E-state index contributed by atoms with van der Waals surface area (Å²) in [5.41, 5.74) is 4.85. The van der Waals surface area contributed by atoms with Gasteiger partial charge >= 0.3 is 0 Å². The first kappa shape index (κ1) is 17.0. The monoisotopic (exact) mass is 334 g/mol. The molecule has 1 aromatic heterocycles. The summed E-state index contributed by atoms with van der Waals surface area (Å²) in [6.07, 6.45) is 0. The number of amides is 1. The zero-order valence-electron chi connectivity index (χ0n) is 14.7. The van der Waals surface area contributed by atoms with E-state index in [1.54, 1.807) is 6.07 Å². The summed E-state index contributed by atoms with van der Waals surface area (Å²) in [6, 6.07) is 17.8. The highest BCUT2D eigenvalue weighted by molar-refractivity contribution is 5.93. The van der Waals surface area contributed by atoms with Gasteiger partial charge in [0.2, 0.25) is 0 Å². The van der Waals surface area contributed by atoms with Gasteiger partial charge in [-0.15, -0.1) is 0 Å². The minimum Gasteiger partial charge on any atom is -0.355 e. The molecule has 25 heavy (non-hydrogen) atoms. The van der Waals surface area contributed by atoms with Crippen LogP contribution in [0.4, 0.5) is 0 Å². The van der Waals surface area contributed by atoms with Gasteiger partial charge in [-0.3, -0.25) is 4.79 Å². The number of carbonyl (C=O) groups excluding carboxylic acids is 1. The maximum Gasteiger partial charge on any atom is 0.273 e. The molecule has 0 bridgehead atoms. The normalized spacial score (nSPS) is 12.0. The topological polar surface area (TPSA) is 55.1 Å². The molecule has 1 heterocycles. The summed E-state index contributed by atoms with van der Waals surface area (Å²) in [7, 11) is 0. The number of hydrogen-bond donors (Lipinski definition) is 1. The number of hydrogen-bond acceptors (Lipinski definition) is 3. The van der Waals surface area contributed by atoms with Crippen LogP contribution in [0.1, 0.15) is 40.0 Å². The molecule has 3 aromatic rings. The van der Waals surface area contributed by atoms with E-state index in [0.29, 0.717) is 18.0 Å². The first-order valence-corrected chi connectivity index (χ1v) is 8.42. The van der Waals surface area contributed by atoms with Crippen LogP contribution in [0.25, 0.3) is 11.3 Å². The molecule has 4 nitrogen and oxygen atoms in total. The molecule has 1 N–H and O–H groups in total. The highest BCUT2D eigenvalue weighted by Crippen LogP contribution is 2.21. The van der Waals surface area contributed by atoms with Gasteiger partial charge in [-0.25, -0.2) is 0 Å². The first-order chi connectivity index (χ1) is 12.0. The molecule has 0 fully saturated rings. The number of nitrogens with one attached hydrogen (secondary N) is 1. The predicted octanol–water partition coefficient (Wildman–Crippen LogP) is 4.49. The van der Waals surface area contributed by atoms with Gasteiger partial charge in [0.25, 0.3) is 5.91 Å². The van der Waals surface area contributed by atoms with Crippen LogP contribution in [0.5, 0.6) is 0 Å². The van der Waals surface area contributed by atoms with Gasteiger partial charge in [0.1, 0.15) is 0 Å². The van der Waals surface area contributed by atoms with Crippen molar-refractivity contribution in [3.8, 4) is 11.3 Å². The molecule has 4 heteroatoms. The minimum absolute atomic E-state index is 0.220. The maximum atomic E-state index is 12.3. The lowest BCUT2D eigenvalue weighted by Crippen LogP contribution is -2.27. The molecule has 1 amide bonds. The SMILES string of the molecule is Cc1ccc(-c2cc(C(=O)NCC(C)c3ccccc3C)no2)cc1. The van der Waals surface area contributed by atoms with E-state index in [1.165, 1.54) is 16.7 Å². The van der Waals surface area contributed by atoms with Crippen molar-refractivity contribution >= 4 is 5.91 Å². The number of aryl methyl sites for hydroxylation is 2. The van der Waals surface area contributed by atoms with E-state index >= 15 is 0 Å². The zero-order chi connectivity index (χ0) is 17.8. The van der Waals surface area contributed by atoms with Crippen LogP contribution < -0.4 is 5.32 Å². The van der Waals surface area contributed by atoms with Crippen molar-refractivity contribution in [2.45, 2.75) is 26.7 Å². The van der Waals surface area contributed by atoms with Crippen LogP contribution in [-0.4, -0.2) is 17.6 Å². The smallest absolute Gasteiger partial charge is 0.273 e. The summed E-state index contributed by atoms with van der Waals surface area (Å²) >= 11 is 0. The van der Waals surface area contributed by atoms with E-state index in [0.717, 1.165) is 5.56 Å². The third kappa shape index (κ3) is 3.97. The lowest BCUT2D eigenvalue weighted by Gasteiger charge is -2.14. The largest absolute Gasteiger partial charge is 0.355 e. The predicted molar refractivity (Wildman–Crippen MR) is 98.6 cm³/mol. The molecule has 128 valence electrons. The molecule has 0 aliphatic rings. The Kier molecular flexibility index (Phi) is 4.98. The number of nitrogens with zero attached hydrogens (tertiary/aromatic N) is 1. The fourth-order valence-electron chi connectivity index (χ4n) is 2.82. The summed E-state index contributed by atoms with van der Waals surface area (Å²) in [5, 5.41) is 6.83. The second-order valence-corrected chi connectivity index (χ2v) is 6.41. The van der Waals surface area contributed by atoms with Crippen molar-refractivity contribution in [1.82, 2.24) is 10.5 Å². The average molecular weight is 334 g/mol. The van der Waals surface area contributed by atoms with Gasteiger partial charge in [-0.05, 0) is 30.9 Å². The summed E-state index contributed by atoms with van der Waals surface area (Å²) in [5.74, 6) is 0.605. The Morgan fingerprint density at radius 3 is 2.56 bits per heavy atom. The molecule has 1 atom stereocenters. The molecular formula is C21H22N2O2. The van der Waals surface area contributed by atoms with Crippen LogP contribution in [0.2, 0.25) is 0 Å². The molecule has 0 spiro atoms. The zero-order valence-corrected chi connectivity index (χ0v) is 14.7. The Morgan fingerprint density at radius 2 is 1.84 bits per heavy atom. The van der Waals surface area contributed by atoms with Gasteiger partial charge in [0, 0.05) is 18.2 Å². The second-order valence-electron chi connectivity index (χ2n) is 6.41. The van der Waals surface area contributed by atoms with Crippen molar-refractivity contribution in [1.29, 1.82) is 0 Å².